The molecule has 0 unspecified atom stereocenters. The number of halogens is 1. The van der Waals surface area contributed by atoms with Gasteiger partial charge in [-0.3, -0.25) is 14.7 Å². The maximum atomic E-state index is 12.9. The van der Waals surface area contributed by atoms with Gasteiger partial charge in [0.2, 0.25) is 5.78 Å². The number of carbonyl (C=O) groups excluding carboxylic acids is 2. The van der Waals surface area contributed by atoms with E-state index in [4.69, 9.17) is 16.4 Å². The van der Waals surface area contributed by atoms with Crippen molar-refractivity contribution in [2.24, 2.45) is 0 Å². The van der Waals surface area contributed by atoms with Gasteiger partial charge in [0.1, 0.15) is 5.94 Å². The Morgan fingerprint density at radius 2 is 1.93 bits per heavy atom. The highest BCUT2D eigenvalue weighted by molar-refractivity contribution is 7.91. The van der Waals surface area contributed by atoms with Gasteiger partial charge in [0.05, 0.1) is 39.6 Å². The molecule has 0 saturated heterocycles. The Kier molecular flexibility index (Phi) is 5.32. The van der Waals surface area contributed by atoms with Crippen LogP contribution in [0.5, 0.6) is 0 Å². The van der Waals surface area contributed by atoms with E-state index in [1.807, 2.05) is 13.8 Å². The highest BCUT2D eigenvalue weighted by atomic mass is 35.5. The first-order valence-electron chi connectivity index (χ1n) is 8.91. The summed E-state index contributed by atoms with van der Waals surface area (Å²) in [5.74, 6) is 1.19. The molecule has 0 bridgehead atoms. The second-order valence-electron chi connectivity index (χ2n) is 7.67. The molecule has 0 fully saturated rings. The normalized spacial score (nSPS) is 20.6. The van der Waals surface area contributed by atoms with Crippen molar-refractivity contribution in [3.63, 3.8) is 0 Å². The SMILES string of the molecule is CON(C)C1=C(c2ccc3c(c2Cl)S(=O)(=O)CCC3(C)C)C(=O)C(=C=O)CC1. The lowest BCUT2D eigenvalue weighted by molar-refractivity contribution is -0.112. The number of sulfone groups is 1. The van der Waals surface area contributed by atoms with E-state index in [2.05, 4.69) is 0 Å². The molecule has 2 aliphatic rings. The van der Waals surface area contributed by atoms with Gasteiger partial charge in [-0.2, -0.15) is 0 Å². The average molecular weight is 424 g/mol. The Morgan fingerprint density at radius 1 is 1.25 bits per heavy atom. The summed E-state index contributed by atoms with van der Waals surface area (Å²) in [5.41, 5.74) is 1.32. The number of fused-ring (bicyclic) bond motifs is 1. The predicted octanol–water partition coefficient (Wildman–Crippen LogP) is 3.12. The molecular weight excluding hydrogens is 402 g/mol. The van der Waals surface area contributed by atoms with Gasteiger partial charge in [-0.15, -0.1) is 0 Å². The Labute approximate surface area is 169 Å². The largest absolute Gasteiger partial charge is 0.288 e. The molecular formula is C20H22ClNO5S. The molecule has 28 heavy (non-hydrogen) atoms. The fourth-order valence-electron chi connectivity index (χ4n) is 3.78. The van der Waals surface area contributed by atoms with Crippen LogP contribution >= 0.6 is 11.6 Å². The molecule has 0 N–H and O–H groups in total. The monoisotopic (exact) mass is 423 g/mol. The molecule has 1 aliphatic heterocycles. The Bertz CT molecular complexity index is 1050. The highest BCUT2D eigenvalue weighted by Gasteiger charge is 2.39. The van der Waals surface area contributed by atoms with Crippen LogP contribution in [0.3, 0.4) is 0 Å². The fraction of sp³-hybridized carbons (Fsp3) is 0.450. The minimum absolute atomic E-state index is 0.00646. The molecule has 3 rings (SSSR count). The maximum absolute atomic E-state index is 12.9. The molecule has 1 heterocycles. The zero-order valence-corrected chi connectivity index (χ0v) is 17.8. The van der Waals surface area contributed by atoms with E-state index in [9.17, 15) is 18.0 Å². The molecule has 0 saturated carbocycles. The van der Waals surface area contributed by atoms with Crippen LogP contribution in [0, 0.1) is 0 Å². The molecule has 1 aromatic carbocycles. The van der Waals surface area contributed by atoms with Crippen LogP contribution in [0.15, 0.2) is 28.3 Å². The van der Waals surface area contributed by atoms with Crippen molar-refractivity contribution in [2.75, 3.05) is 19.9 Å². The van der Waals surface area contributed by atoms with Crippen molar-refractivity contribution in [2.45, 2.75) is 43.4 Å². The van der Waals surface area contributed by atoms with Gasteiger partial charge in [0, 0.05) is 12.6 Å². The third-order valence-corrected chi connectivity index (χ3v) is 7.87. The molecule has 0 atom stereocenters. The van der Waals surface area contributed by atoms with Crippen LogP contribution in [0.25, 0.3) is 5.57 Å². The number of nitrogens with zero attached hydrogens (tertiary/aromatic N) is 1. The van der Waals surface area contributed by atoms with E-state index in [-0.39, 0.29) is 44.2 Å². The van der Waals surface area contributed by atoms with Crippen molar-refractivity contribution in [3.05, 3.63) is 39.6 Å². The second kappa shape index (κ2) is 7.16. The lowest BCUT2D eigenvalue weighted by Gasteiger charge is -2.34. The summed E-state index contributed by atoms with van der Waals surface area (Å²) in [5, 5.41) is 1.45. The van der Waals surface area contributed by atoms with E-state index >= 15 is 0 Å². The Hall–Kier alpha value is -1.92. The minimum atomic E-state index is -3.58. The molecule has 1 aromatic rings. The first kappa shape index (κ1) is 20.8. The van der Waals surface area contributed by atoms with Crippen molar-refractivity contribution in [1.29, 1.82) is 0 Å². The van der Waals surface area contributed by atoms with E-state index in [1.54, 1.807) is 25.1 Å². The number of Topliss-reactive ketones (excluding diaryl/α,β-unsaturated/α-hetero) is 1. The number of hydrogen-bond acceptors (Lipinski definition) is 6. The summed E-state index contributed by atoms with van der Waals surface area (Å²) >= 11 is 6.61. The Morgan fingerprint density at radius 3 is 2.54 bits per heavy atom. The molecule has 0 amide bonds. The highest BCUT2D eigenvalue weighted by Crippen LogP contribution is 2.45. The van der Waals surface area contributed by atoms with Crippen LogP contribution in [0.1, 0.15) is 44.2 Å². The summed E-state index contributed by atoms with van der Waals surface area (Å²) in [6, 6.07) is 3.38. The van der Waals surface area contributed by atoms with Crippen LogP contribution < -0.4 is 0 Å². The Balaban J connectivity index is 2.35. The van der Waals surface area contributed by atoms with E-state index < -0.39 is 15.6 Å². The van der Waals surface area contributed by atoms with Gasteiger partial charge < -0.3 is 0 Å². The summed E-state index contributed by atoms with van der Waals surface area (Å²) in [6.45, 7) is 3.94. The van der Waals surface area contributed by atoms with Gasteiger partial charge in [-0.05, 0) is 30.2 Å². The zero-order valence-electron chi connectivity index (χ0n) is 16.3. The first-order valence-corrected chi connectivity index (χ1v) is 10.9. The van der Waals surface area contributed by atoms with Gasteiger partial charge >= 0.3 is 0 Å². The topological polar surface area (TPSA) is 80.8 Å². The fourth-order valence-corrected chi connectivity index (χ4v) is 6.43. The van der Waals surface area contributed by atoms with Gasteiger partial charge in [-0.25, -0.2) is 13.2 Å². The minimum Gasteiger partial charge on any atom is -0.288 e. The van der Waals surface area contributed by atoms with Crippen molar-refractivity contribution >= 4 is 38.7 Å². The van der Waals surface area contributed by atoms with Crippen molar-refractivity contribution in [1.82, 2.24) is 5.06 Å². The lowest BCUT2D eigenvalue weighted by atomic mass is 9.80. The smallest absolute Gasteiger partial charge is 0.202 e. The summed E-state index contributed by atoms with van der Waals surface area (Å²) in [6.07, 6.45) is 1.11. The maximum Gasteiger partial charge on any atom is 0.202 e. The number of carbonyl (C=O) groups is 1. The van der Waals surface area contributed by atoms with Crippen molar-refractivity contribution < 1.29 is 22.8 Å². The van der Waals surface area contributed by atoms with Crippen LogP contribution in [0.4, 0.5) is 0 Å². The number of allylic oxidation sites excluding steroid dienone is 3. The number of rotatable bonds is 3. The molecule has 150 valence electrons. The summed E-state index contributed by atoms with van der Waals surface area (Å²) < 4.78 is 25.6. The zero-order chi connectivity index (χ0) is 20.9. The van der Waals surface area contributed by atoms with E-state index in [0.29, 0.717) is 24.1 Å². The quantitative estimate of drug-likeness (QED) is 0.422. The van der Waals surface area contributed by atoms with E-state index in [1.165, 1.54) is 12.2 Å². The second-order valence-corrected chi connectivity index (χ2v) is 10.1. The number of benzene rings is 1. The van der Waals surface area contributed by atoms with Crippen LogP contribution in [-0.2, 0) is 29.7 Å². The average Bonchev–Trinajstić information content (AvgIpc) is 2.64. The summed E-state index contributed by atoms with van der Waals surface area (Å²) in [4.78, 5) is 29.5. The third-order valence-electron chi connectivity index (χ3n) is 5.58. The first-order chi connectivity index (χ1) is 13.0. The lowest BCUT2D eigenvalue weighted by Crippen LogP contribution is -2.31. The van der Waals surface area contributed by atoms with Crippen LogP contribution in [0.2, 0.25) is 5.02 Å². The number of hydroxylamine groups is 2. The van der Waals surface area contributed by atoms with Crippen LogP contribution in [-0.4, -0.2) is 45.1 Å². The molecule has 1 aliphatic carbocycles. The molecule has 0 radical (unpaired) electrons. The van der Waals surface area contributed by atoms with Gasteiger partial charge in [0.15, 0.2) is 9.84 Å². The predicted molar refractivity (Wildman–Crippen MR) is 106 cm³/mol. The number of ketones is 1. The van der Waals surface area contributed by atoms with Gasteiger partial charge in [-0.1, -0.05) is 37.6 Å². The number of hydrogen-bond donors (Lipinski definition) is 0. The van der Waals surface area contributed by atoms with Gasteiger partial charge in [0.25, 0.3) is 0 Å². The molecule has 8 heteroatoms. The third kappa shape index (κ3) is 3.22. The van der Waals surface area contributed by atoms with E-state index in [0.717, 1.165) is 0 Å². The molecule has 0 aromatic heterocycles. The molecule has 6 nitrogen and oxygen atoms in total. The molecule has 0 spiro atoms. The summed E-state index contributed by atoms with van der Waals surface area (Å²) in [7, 11) is -0.476. The van der Waals surface area contributed by atoms with Crippen molar-refractivity contribution in [3.8, 4) is 0 Å². The standard InChI is InChI=1S/C20H22ClNO5S/c1-20(2)9-10-28(25,26)19-14(20)7-6-13(17(19)21)16-15(22(3)27-4)8-5-12(11-23)18(16)24/h6-7H,5,8-10H2,1-4H3.